The number of methoxy groups -OCH3 is 2. The maximum Gasteiger partial charge on any atom is 0.246 e. The van der Waals surface area contributed by atoms with Gasteiger partial charge in [0, 0.05) is 31.8 Å². The van der Waals surface area contributed by atoms with Crippen LogP contribution in [0.3, 0.4) is 0 Å². The Hall–Kier alpha value is -2.05. The molecule has 0 saturated carbocycles. The summed E-state index contributed by atoms with van der Waals surface area (Å²) in [5.74, 6) is 1.39. The molecule has 28 heavy (non-hydrogen) atoms. The molecular weight excluding hydrogens is 354 g/mol. The topological polar surface area (TPSA) is 45.2 Å². The van der Waals surface area contributed by atoms with Gasteiger partial charge in [0.2, 0.25) is 5.91 Å². The van der Waals surface area contributed by atoms with E-state index in [0.717, 1.165) is 38.3 Å². The molecule has 0 bridgehead atoms. The highest BCUT2D eigenvalue weighted by Crippen LogP contribution is 2.28. The second kappa shape index (κ2) is 11.1. The van der Waals surface area contributed by atoms with E-state index in [0.29, 0.717) is 17.5 Å². The number of likely N-dealkylation sites (tertiary alicyclic amines) is 1. The molecule has 1 saturated heterocycles. The largest absolute Gasteiger partial charge is 0.493 e. The number of carbonyl (C=O) groups excluding carboxylic acids is 1. The Kier molecular flexibility index (Phi) is 8.80. The second-order valence-corrected chi connectivity index (χ2v) is 7.46. The summed E-state index contributed by atoms with van der Waals surface area (Å²) in [7, 11) is 7.30. The minimum Gasteiger partial charge on any atom is -0.493 e. The fraction of sp³-hybridized carbons (Fsp3) is 0.591. The third kappa shape index (κ3) is 6.24. The highest BCUT2D eigenvalue weighted by molar-refractivity contribution is 5.92. The van der Waals surface area contributed by atoms with E-state index < -0.39 is 0 Å². The smallest absolute Gasteiger partial charge is 0.246 e. The SMILES string of the molecule is CCN1CCC[C@H]1CN(CCN(C)C)C(=O)/C=C\c1ccc(OC)c(OC)c1. The first-order chi connectivity index (χ1) is 13.5. The molecule has 1 aliphatic rings. The van der Waals surface area contributed by atoms with Gasteiger partial charge in [-0.3, -0.25) is 9.69 Å². The number of hydrogen-bond acceptors (Lipinski definition) is 5. The minimum atomic E-state index is 0.0552. The van der Waals surface area contributed by atoms with Gasteiger partial charge in [0.05, 0.1) is 14.2 Å². The van der Waals surface area contributed by atoms with Gasteiger partial charge >= 0.3 is 0 Å². The molecule has 1 aromatic rings. The van der Waals surface area contributed by atoms with Gasteiger partial charge in [-0.25, -0.2) is 0 Å². The average Bonchev–Trinajstić information content (AvgIpc) is 3.15. The normalized spacial score (nSPS) is 17.4. The van der Waals surface area contributed by atoms with Crippen molar-refractivity contribution in [2.24, 2.45) is 0 Å². The lowest BCUT2D eigenvalue weighted by Gasteiger charge is -2.30. The number of nitrogens with zero attached hydrogens (tertiary/aromatic N) is 3. The number of amides is 1. The van der Waals surface area contributed by atoms with E-state index in [1.807, 2.05) is 43.3 Å². The van der Waals surface area contributed by atoms with Crippen molar-refractivity contribution in [2.75, 3.05) is 61.0 Å². The van der Waals surface area contributed by atoms with Crippen molar-refractivity contribution in [1.82, 2.24) is 14.7 Å². The monoisotopic (exact) mass is 389 g/mol. The third-order valence-corrected chi connectivity index (χ3v) is 5.29. The summed E-state index contributed by atoms with van der Waals surface area (Å²) in [5.41, 5.74) is 0.912. The summed E-state index contributed by atoms with van der Waals surface area (Å²) in [5, 5.41) is 0. The van der Waals surface area contributed by atoms with Gasteiger partial charge in [-0.05, 0) is 63.8 Å². The van der Waals surface area contributed by atoms with Gasteiger partial charge in [0.1, 0.15) is 0 Å². The minimum absolute atomic E-state index is 0.0552. The number of hydrogen-bond donors (Lipinski definition) is 0. The van der Waals surface area contributed by atoms with Crippen LogP contribution in [0.1, 0.15) is 25.3 Å². The van der Waals surface area contributed by atoms with Crippen LogP contribution in [0.5, 0.6) is 11.5 Å². The van der Waals surface area contributed by atoms with Crippen molar-refractivity contribution in [3.05, 3.63) is 29.8 Å². The van der Waals surface area contributed by atoms with Crippen molar-refractivity contribution in [3.8, 4) is 11.5 Å². The fourth-order valence-corrected chi connectivity index (χ4v) is 3.61. The Morgan fingerprint density at radius 2 is 1.96 bits per heavy atom. The molecule has 156 valence electrons. The highest BCUT2D eigenvalue weighted by atomic mass is 16.5. The molecule has 1 amide bonds. The van der Waals surface area contributed by atoms with Gasteiger partial charge in [-0.2, -0.15) is 0 Å². The second-order valence-electron chi connectivity index (χ2n) is 7.46. The molecule has 1 aliphatic heterocycles. The third-order valence-electron chi connectivity index (χ3n) is 5.29. The maximum atomic E-state index is 12.9. The van der Waals surface area contributed by atoms with E-state index >= 15 is 0 Å². The molecule has 0 aliphatic carbocycles. The maximum absolute atomic E-state index is 12.9. The van der Waals surface area contributed by atoms with Crippen LogP contribution in [0, 0.1) is 0 Å². The Bertz CT molecular complexity index is 660. The molecule has 0 spiro atoms. The summed E-state index contributed by atoms with van der Waals surface area (Å²) < 4.78 is 10.6. The van der Waals surface area contributed by atoms with Crippen LogP contribution in [0.15, 0.2) is 24.3 Å². The lowest BCUT2D eigenvalue weighted by Crippen LogP contribution is -2.44. The Labute approximate surface area is 169 Å². The van der Waals surface area contributed by atoms with Crippen molar-refractivity contribution in [2.45, 2.75) is 25.8 Å². The summed E-state index contributed by atoms with van der Waals surface area (Å²) in [6.07, 6.45) is 5.90. The lowest BCUT2D eigenvalue weighted by molar-refractivity contribution is -0.126. The number of likely N-dealkylation sites (N-methyl/N-ethyl adjacent to an activating group) is 2. The van der Waals surface area contributed by atoms with E-state index in [4.69, 9.17) is 9.47 Å². The van der Waals surface area contributed by atoms with Crippen LogP contribution in [0.4, 0.5) is 0 Å². The number of carbonyl (C=O) groups is 1. The van der Waals surface area contributed by atoms with Crippen LogP contribution < -0.4 is 9.47 Å². The summed E-state index contributed by atoms with van der Waals surface area (Å²) >= 11 is 0. The van der Waals surface area contributed by atoms with Gasteiger partial charge in [-0.1, -0.05) is 13.0 Å². The van der Waals surface area contributed by atoms with Crippen LogP contribution >= 0.6 is 0 Å². The lowest BCUT2D eigenvalue weighted by atomic mass is 10.1. The molecule has 6 nitrogen and oxygen atoms in total. The van der Waals surface area contributed by atoms with Gasteiger partial charge < -0.3 is 19.3 Å². The Morgan fingerprint density at radius 3 is 2.61 bits per heavy atom. The van der Waals surface area contributed by atoms with Crippen LogP contribution in [0.2, 0.25) is 0 Å². The van der Waals surface area contributed by atoms with Crippen molar-refractivity contribution >= 4 is 12.0 Å². The van der Waals surface area contributed by atoms with E-state index in [1.54, 1.807) is 20.3 Å². The van der Waals surface area contributed by atoms with Crippen LogP contribution in [-0.2, 0) is 4.79 Å². The van der Waals surface area contributed by atoms with Crippen LogP contribution in [-0.4, -0.2) is 87.7 Å². The quantitative estimate of drug-likeness (QED) is 0.576. The van der Waals surface area contributed by atoms with Crippen molar-refractivity contribution in [1.29, 1.82) is 0 Å². The Balaban J connectivity index is 2.09. The Morgan fingerprint density at radius 1 is 1.21 bits per heavy atom. The molecule has 1 atom stereocenters. The summed E-state index contributed by atoms with van der Waals surface area (Å²) in [6.45, 7) is 6.75. The number of ether oxygens (including phenoxy) is 2. The molecule has 1 fully saturated rings. The van der Waals surface area contributed by atoms with E-state index in [9.17, 15) is 4.79 Å². The summed E-state index contributed by atoms with van der Waals surface area (Å²) in [6, 6.07) is 6.11. The molecule has 2 rings (SSSR count). The molecule has 1 heterocycles. The predicted octanol–water partition coefficient (Wildman–Crippen LogP) is 2.59. The highest BCUT2D eigenvalue weighted by Gasteiger charge is 2.26. The number of benzene rings is 1. The van der Waals surface area contributed by atoms with E-state index in [1.165, 1.54) is 12.8 Å². The van der Waals surface area contributed by atoms with E-state index in [2.05, 4.69) is 16.7 Å². The zero-order valence-electron chi connectivity index (χ0n) is 18.0. The molecular formula is C22H35N3O3. The van der Waals surface area contributed by atoms with Crippen molar-refractivity contribution in [3.63, 3.8) is 0 Å². The van der Waals surface area contributed by atoms with Crippen molar-refractivity contribution < 1.29 is 14.3 Å². The molecule has 6 heteroatoms. The van der Waals surface area contributed by atoms with Gasteiger partial charge in [-0.15, -0.1) is 0 Å². The molecule has 0 radical (unpaired) electrons. The number of rotatable bonds is 10. The van der Waals surface area contributed by atoms with E-state index in [-0.39, 0.29) is 5.91 Å². The fourth-order valence-electron chi connectivity index (χ4n) is 3.61. The van der Waals surface area contributed by atoms with Gasteiger partial charge in [0.25, 0.3) is 0 Å². The van der Waals surface area contributed by atoms with Crippen LogP contribution in [0.25, 0.3) is 6.08 Å². The zero-order chi connectivity index (χ0) is 20.5. The zero-order valence-corrected chi connectivity index (χ0v) is 18.0. The average molecular weight is 390 g/mol. The first-order valence-corrected chi connectivity index (χ1v) is 10.1. The molecule has 0 aromatic heterocycles. The predicted molar refractivity (Wildman–Crippen MR) is 114 cm³/mol. The summed E-state index contributed by atoms with van der Waals surface area (Å²) in [4.78, 5) is 19.5. The first-order valence-electron chi connectivity index (χ1n) is 10.1. The standard InChI is InChI=1S/C22H35N3O3/c1-6-24-13-7-8-19(24)17-25(15-14-23(2)3)22(26)12-10-18-9-11-20(27-4)21(16-18)28-5/h9-12,16,19H,6-8,13-15,17H2,1-5H3/b12-10-/t19-/m0/s1. The molecule has 0 N–H and O–H groups in total. The first kappa shape index (κ1) is 22.2. The molecule has 0 unspecified atom stereocenters. The van der Waals surface area contributed by atoms with Gasteiger partial charge in [0.15, 0.2) is 11.5 Å². The molecule has 1 aromatic carbocycles.